The SMILES string of the molecule is O=C(O)C1CCC(CNCCSc2ccccc2F)CC1. The van der Waals surface area contributed by atoms with Crippen LogP contribution in [0.25, 0.3) is 0 Å². The molecule has 0 radical (unpaired) electrons. The second-order valence-electron chi connectivity index (χ2n) is 5.54. The van der Waals surface area contributed by atoms with Crippen molar-refractivity contribution in [3.8, 4) is 0 Å². The Balaban J connectivity index is 1.57. The van der Waals surface area contributed by atoms with Crippen LogP contribution in [-0.2, 0) is 4.79 Å². The van der Waals surface area contributed by atoms with Crippen molar-refractivity contribution in [2.75, 3.05) is 18.8 Å². The van der Waals surface area contributed by atoms with Crippen molar-refractivity contribution in [2.45, 2.75) is 30.6 Å². The van der Waals surface area contributed by atoms with Gasteiger partial charge in [-0.2, -0.15) is 0 Å². The number of rotatable bonds is 7. The monoisotopic (exact) mass is 311 g/mol. The fourth-order valence-electron chi connectivity index (χ4n) is 2.71. The molecule has 0 saturated heterocycles. The first kappa shape index (κ1) is 16.3. The lowest BCUT2D eigenvalue weighted by atomic mass is 9.82. The zero-order valence-electron chi connectivity index (χ0n) is 12.1. The molecule has 0 bridgehead atoms. The van der Waals surface area contributed by atoms with Gasteiger partial charge < -0.3 is 10.4 Å². The maximum atomic E-state index is 13.4. The molecule has 5 heteroatoms. The molecule has 0 atom stereocenters. The van der Waals surface area contributed by atoms with Crippen LogP contribution in [0.5, 0.6) is 0 Å². The molecule has 21 heavy (non-hydrogen) atoms. The zero-order valence-corrected chi connectivity index (χ0v) is 12.9. The average molecular weight is 311 g/mol. The van der Waals surface area contributed by atoms with Crippen LogP contribution in [0.4, 0.5) is 4.39 Å². The van der Waals surface area contributed by atoms with Gasteiger partial charge in [0.15, 0.2) is 0 Å². The van der Waals surface area contributed by atoms with E-state index in [1.807, 2.05) is 6.07 Å². The maximum absolute atomic E-state index is 13.4. The summed E-state index contributed by atoms with van der Waals surface area (Å²) in [6.07, 6.45) is 3.58. The number of carboxylic acid groups (broad SMARTS) is 1. The summed E-state index contributed by atoms with van der Waals surface area (Å²) in [5.74, 6) is 0.472. The first-order chi connectivity index (χ1) is 10.2. The Morgan fingerprint density at radius 2 is 2.00 bits per heavy atom. The van der Waals surface area contributed by atoms with Gasteiger partial charge >= 0.3 is 5.97 Å². The molecule has 0 aliphatic heterocycles. The molecule has 1 saturated carbocycles. The summed E-state index contributed by atoms with van der Waals surface area (Å²) >= 11 is 1.52. The van der Waals surface area contributed by atoms with Crippen molar-refractivity contribution in [1.29, 1.82) is 0 Å². The van der Waals surface area contributed by atoms with E-state index >= 15 is 0 Å². The van der Waals surface area contributed by atoms with Crippen molar-refractivity contribution in [2.24, 2.45) is 11.8 Å². The molecule has 0 unspecified atom stereocenters. The minimum Gasteiger partial charge on any atom is -0.481 e. The van der Waals surface area contributed by atoms with E-state index in [2.05, 4.69) is 5.32 Å². The van der Waals surface area contributed by atoms with Gasteiger partial charge in [0, 0.05) is 17.2 Å². The molecule has 1 fully saturated rings. The summed E-state index contributed by atoms with van der Waals surface area (Å²) in [5.41, 5.74) is 0. The van der Waals surface area contributed by atoms with Crippen LogP contribution in [0.2, 0.25) is 0 Å². The van der Waals surface area contributed by atoms with E-state index in [1.165, 1.54) is 17.8 Å². The van der Waals surface area contributed by atoms with Gasteiger partial charge in [0.25, 0.3) is 0 Å². The molecule has 0 aromatic heterocycles. The Morgan fingerprint density at radius 3 is 2.67 bits per heavy atom. The summed E-state index contributed by atoms with van der Waals surface area (Å²) in [6, 6.07) is 6.83. The highest BCUT2D eigenvalue weighted by atomic mass is 32.2. The third-order valence-corrected chi connectivity index (χ3v) is 5.05. The molecule has 0 spiro atoms. The molecule has 3 nitrogen and oxygen atoms in total. The molecule has 1 aliphatic carbocycles. The second kappa shape index (κ2) is 8.39. The lowest BCUT2D eigenvalue weighted by Gasteiger charge is -2.26. The lowest BCUT2D eigenvalue weighted by molar-refractivity contribution is -0.143. The number of carboxylic acids is 1. The van der Waals surface area contributed by atoms with Gasteiger partial charge in [-0.25, -0.2) is 4.39 Å². The van der Waals surface area contributed by atoms with E-state index < -0.39 is 5.97 Å². The van der Waals surface area contributed by atoms with Crippen LogP contribution in [0, 0.1) is 17.7 Å². The normalized spacial score (nSPS) is 22.1. The Labute approximate surface area is 129 Å². The van der Waals surface area contributed by atoms with Crippen molar-refractivity contribution < 1.29 is 14.3 Å². The average Bonchev–Trinajstić information content (AvgIpc) is 2.49. The topological polar surface area (TPSA) is 49.3 Å². The molecule has 0 heterocycles. The van der Waals surface area contributed by atoms with E-state index in [-0.39, 0.29) is 11.7 Å². The van der Waals surface area contributed by atoms with Crippen molar-refractivity contribution in [3.63, 3.8) is 0 Å². The van der Waals surface area contributed by atoms with Gasteiger partial charge in [-0.15, -0.1) is 11.8 Å². The number of thioether (sulfide) groups is 1. The van der Waals surface area contributed by atoms with E-state index in [0.29, 0.717) is 10.8 Å². The van der Waals surface area contributed by atoms with E-state index in [0.717, 1.165) is 44.5 Å². The third-order valence-electron chi connectivity index (χ3n) is 4.00. The van der Waals surface area contributed by atoms with Crippen LogP contribution in [0.15, 0.2) is 29.2 Å². The van der Waals surface area contributed by atoms with Crippen LogP contribution in [-0.4, -0.2) is 29.9 Å². The summed E-state index contributed by atoms with van der Waals surface area (Å²) in [4.78, 5) is 11.6. The molecule has 1 aromatic carbocycles. The molecule has 1 aromatic rings. The maximum Gasteiger partial charge on any atom is 0.306 e. The molecular weight excluding hydrogens is 289 g/mol. The molecule has 1 aliphatic rings. The van der Waals surface area contributed by atoms with Crippen LogP contribution < -0.4 is 5.32 Å². The minimum atomic E-state index is -0.650. The molecule has 116 valence electrons. The Bertz CT molecular complexity index is 461. The smallest absolute Gasteiger partial charge is 0.306 e. The summed E-state index contributed by atoms with van der Waals surface area (Å²) < 4.78 is 13.4. The summed E-state index contributed by atoms with van der Waals surface area (Å²) in [7, 11) is 0. The second-order valence-corrected chi connectivity index (χ2v) is 6.68. The Hall–Kier alpha value is -1.07. The highest BCUT2D eigenvalue weighted by Gasteiger charge is 2.25. The molecular formula is C16H22FNO2S. The molecule has 2 rings (SSSR count). The van der Waals surface area contributed by atoms with Gasteiger partial charge in [0.2, 0.25) is 0 Å². The highest BCUT2D eigenvalue weighted by Crippen LogP contribution is 2.28. The fourth-order valence-corrected chi connectivity index (χ4v) is 3.56. The number of nitrogens with one attached hydrogen (secondary N) is 1. The summed E-state index contributed by atoms with van der Waals surface area (Å²) in [6.45, 7) is 1.78. The van der Waals surface area contributed by atoms with E-state index in [1.54, 1.807) is 12.1 Å². The lowest BCUT2D eigenvalue weighted by Crippen LogP contribution is -2.29. The van der Waals surface area contributed by atoms with Crippen LogP contribution in [0.3, 0.4) is 0 Å². The van der Waals surface area contributed by atoms with Crippen molar-refractivity contribution in [3.05, 3.63) is 30.1 Å². The zero-order chi connectivity index (χ0) is 15.1. The summed E-state index contributed by atoms with van der Waals surface area (Å²) in [5, 5.41) is 12.4. The van der Waals surface area contributed by atoms with Gasteiger partial charge in [-0.05, 0) is 50.3 Å². The Morgan fingerprint density at radius 1 is 1.29 bits per heavy atom. The number of halogens is 1. The van der Waals surface area contributed by atoms with E-state index in [4.69, 9.17) is 5.11 Å². The van der Waals surface area contributed by atoms with Crippen LogP contribution in [0.1, 0.15) is 25.7 Å². The van der Waals surface area contributed by atoms with Crippen molar-refractivity contribution >= 4 is 17.7 Å². The quantitative estimate of drug-likeness (QED) is 0.598. The predicted octanol–water partition coefficient (Wildman–Crippen LogP) is 3.40. The minimum absolute atomic E-state index is 0.141. The van der Waals surface area contributed by atoms with Gasteiger partial charge in [0.1, 0.15) is 5.82 Å². The largest absolute Gasteiger partial charge is 0.481 e. The number of hydrogen-bond donors (Lipinski definition) is 2. The van der Waals surface area contributed by atoms with Gasteiger partial charge in [0.05, 0.1) is 5.92 Å². The number of carbonyl (C=O) groups is 1. The Kier molecular flexibility index (Phi) is 6.51. The predicted molar refractivity (Wildman–Crippen MR) is 83.1 cm³/mol. The third kappa shape index (κ3) is 5.32. The van der Waals surface area contributed by atoms with Gasteiger partial charge in [-0.1, -0.05) is 12.1 Å². The first-order valence-electron chi connectivity index (χ1n) is 7.47. The molecule has 2 N–H and O–H groups in total. The van der Waals surface area contributed by atoms with Crippen molar-refractivity contribution in [1.82, 2.24) is 5.32 Å². The van der Waals surface area contributed by atoms with E-state index in [9.17, 15) is 9.18 Å². The number of aliphatic carboxylic acids is 1. The van der Waals surface area contributed by atoms with Gasteiger partial charge in [-0.3, -0.25) is 4.79 Å². The standard InChI is InChI=1S/C16H22FNO2S/c17-14-3-1-2-4-15(14)21-10-9-18-11-12-5-7-13(8-6-12)16(19)20/h1-4,12-13,18H,5-11H2,(H,19,20). The number of hydrogen-bond acceptors (Lipinski definition) is 3. The first-order valence-corrected chi connectivity index (χ1v) is 8.46. The fraction of sp³-hybridized carbons (Fsp3) is 0.562. The number of benzene rings is 1. The molecule has 0 amide bonds. The van der Waals surface area contributed by atoms with Crippen LogP contribution >= 0.6 is 11.8 Å². The highest BCUT2D eigenvalue weighted by molar-refractivity contribution is 7.99.